The van der Waals surface area contributed by atoms with Gasteiger partial charge in [0.1, 0.15) is 19.3 Å². The average molecular weight is 218 g/mol. The molecule has 0 spiro atoms. The fourth-order valence-corrected chi connectivity index (χ4v) is 1.15. The summed E-state index contributed by atoms with van der Waals surface area (Å²) >= 11 is 0. The van der Waals surface area contributed by atoms with E-state index in [0.717, 1.165) is 0 Å². The molecular weight excluding hydrogens is 194 g/mol. The Labute approximate surface area is 92.6 Å². The van der Waals surface area contributed by atoms with Crippen molar-refractivity contribution < 1.29 is 19.3 Å². The molecule has 90 valence electrons. The van der Waals surface area contributed by atoms with Crippen LogP contribution in [0.1, 0.15) is 27.7 Å². The van der Waals surface area contributed by atoms with Crippen molar-refractivity contribution in [2.75, 3.05) is 26.3 Å². The highest BCUT2D eigenvalue weighted by molar-refractivity contribution is 4.78. The van der Waals surface area contributed by atoms with Gasteiger partial charge in [-0.3, -0.25) is 0 Å². The first-order valence-corrected chi connectivity index (χ1v) is 5.63. The van der Waals surface area contributed by atoms with Gasteiger partial charge in [0.25, 0.3) is 0 Å². The zero-order valence-corrected chi connectivity index (χ0v) is 10.3. The molecule has 0 aromatic rings. The molecule has 0 heterocycles. The Kier molecular flexibility index (Phi) is 7.60. The Hall–Kier alpha value is -0.420. The number of hydroxylamine groups is 3. The summed E-state index contributed by atoms with van der Waals surface area (Å²) < 4.78 is 10.6. The number of hydrogen-bond acceptors (Lipinski definition) is 3. The fourth-order valence-electron chi connectivity index (χ4n) is 1.15. The van der Waals surface area contributed by atoms with Crippen LogP contribution in [0.15, 0.2) is 12.3 Å². The number of nitrogens with zero attached hydrogens (tertiary/aromatic N) is 1. The molecule has 0 fully saturated rings. The smallest absolute Gasteiger partial charge is 0.182 e. The molecule has 0 aliphatic rings. The topological polar surface area (TPSA) is 38.7 Å². The standard InChI is InChI=1S/C11H24NO3/c1-5-12(13,6-2)10-9-11(14-7-3)15-8-4/h9-11,13H,5-8H2,1-4H3/q+1/b10-9+. The van der Waals surface area contributed by atoms with Crippen molar-refractivity contribution in [2.45, 2.75) is 34.0 Å². The van der Waals surface area contributed by atoms with Crippen LogP contribution in [0.2, 0.25) is 0 Å². The lowest BCUT2D eigenvalue weighted by Crippen LogP contribution is -2.38. The van der Waals surface area contributed by atoms with Crippen molar-refractivity contribution in [3.8, 4) is 0 Å². The van der Waals surface area contributed by atoms with Gasteiger partial charge in [-0.05, 0) is 27.7 Å². The summed E-state index contributed by atoms with van der Waals surface area (Å²) in [5.41, 5.74) is 0. The molecule has 0 aromatic heterocycles. The molecule has 0 atom stereocenters. The van der Waals surface area contributed by atoms with E-state index in [1.165, 1.54) is 0 Å². The number of ether oxygens (including phenoxy) is 2. The van der Waals surface area contributed by atoms with E-state index in [9.17, 15) is 5.21 Å². The molecule has 0 radical (unpaired) electrons. The Morgan fingerprint density at radius 1 is 1.07 bits per heavy atom. The largest absolute Gasteiger partial charge is 0.349 e. The van der Waals surface area contributed by atoms with Crippen molar-refractivity contribution in [1.82, 2.24) is 0 Å². The van der Waals surface area contributed by atoms with E-state index in [-0.39, 0.29) is 10.9 Å². The minimum atomic E-state index is -0.359. The van der Waals surface area contributed by atoms with Gasteiger partial charge in [-0.15, -0.1) is 0 Å². The molecule has 0 rings (SSSR count). The lowest BCUT2D eigenvalue weighted by molar-refractivity contribution is -1.06. The van der Waals surface area contributed by atoms with E-state index >= 15 is 0 Å². The van der Waals surface area contributed by atoms with Crippen LogP contribution in [-0.2, 0) is 9.47 Å². The van der Waals surface area contributed by atoms with Crippen LogP contribution >= 0.6 is 0 Å². The molecule has 0 bridgehead atoms. The van der Waals surface area contributed by atoms with Crippen molar-refractivity contribution in [2.24, 2.45) is 0 Å². The Balaban J connectivity index is 4.28. The lowest BCUT2D eigenvalue weighted by Gasteiger charge is -2.23. The Morgan fingerprint density at radius 3 is 1.87 bits per heavy atom. The molecule has 0 aliphatic carbocycles. The van der Waals surface area contributed by atoms with E-state index in [4.69, 9.17) is 9.47 Å². The van der Waals surface area contributed by atoms with Crippen molar-refractivity contribution in [1.29, 1.82) is 0 Å². The third kappa shape index (κ3) is 5.89. The van der Waals surface area contributed by atoms with Gasteiger partial charge in [-0.1, -0.05) is 0 Å². The van der Waals surface area contributed by atoms with E-state index in [2.05, 4.69) is 0 Å². The molecule has 0 saturated carbocycles. The van der Waals surface area contributed by atoms with Gasteiger partial charge in [0.15, 0.2) is 6.29 Å². The first-order chi connectivity index (χ1) is 7.11. The summed E-state index contributed by atoms with van der Waals surface area (Å²) in [6.45, 7) is 10.2. The number of rotatable bonds is 8. The molecule has 4 heteroatoms. The summed E-state index contributed by atoms with van der Waals surface area (Å²) in [7, 11) is 0. The van der Waals surface area contributed by atoms with Gasteiger partial charge in [0, 0.05) is 19.3 Å². The number of hydrogen-bond donors (Lipinski definition) is 1. The van der Waals surface area contributed by atoms with Crippen LogP contribution in [0.5, 0.6) is 0 Å². The highest BCUT2D eigenvalue weighted by Gasteiger charge is 2.17. The van der Waals surface area contributed by atoms with Crippen molar-refractivity contribution in [3.05, 3.63) is 12.3 Å². The second kappa shape index (κ2) is 7.82. The molecule has 0 aromatic carbocycles. The highest BCUT2D eigenvalue weighted by Crippen LogP contribution is 2.05. The molecule has 0 saturated heterocycles. The molecule has 4 nitrogen and oxygen atoms in total. The van der Waals surface area contributed by atoms with Crippen LogP contribution in [0, 0.1) is 0 Å². The predicted molar refractivity (Wildman–Crippen MR) is 59.3 cm³/mol. The third-order valence-corrected chi connectivity index (χ3v) is 2.28. The van der Waals surface area contributed by atoms with E-state index in [1.807, 2.05) is 27.7 Å². The minimum absolute atomic E-state index is 0.0867. The maximum absolute atomic E-state index is 9.95. The van der Waals surface area contributed by atoms with Crippen LogP contribution in [0.4, 0.5) is 0 Å². The second-order valence-corrected chi connectivity index (χ2v) is 3.24. The minimum Gasteiger partial charge on any atom is -0.349 e. The lowest BCUT2D eigenvalue weighted by atomic mass is 10.4. The van der Waals surface area contributed by atoms with Gasteiger partial charge in [0.2, 0.25) is 0 Å². The normalized spacial score (nSPS) is 12.9. The summed E-state index contributed by atoms with van der Waals surface area (Å²) in [4.78, 5) is 0. The third-order valence-electron chi connectivity index (χ3n) is 2.28. The molecule has 1 N–H and O–H groups in total. The highest BCUT2D eigenvalue weighted by atomic mass is 16.7. The average Bonchev–Trinajstić information content (AvgIpc) is 2.26. The summed E-state index contributed by atoms with van der Waals surface area (Å²) in [6, 6.07) is 0. The Bertz CT molecular complexity index is 173. The fraction of sp³-hybridized carbons (Fsp3) is 0.818. The first kappa shape index (κ1) is 14.6. The van der Waals surface area contributed by atoms with Gasteiger partial charge in [-0.25, -0.2) is 5.21 Å². The second-order valence-electron chi connectivity index (χ2n) is 3.24. The van der Waals surface area contributed by atoms with Crippen LogP contribution in [0.25, 0.3) is 0 Å². The SMILES string of the molecule is CCOC(/C=C/[N+](O)(CC)CC)OCC. The van der Waals surface area contributed by atoms with Crippen LogP contribution in [-0.4, -0.2) is 42.4 Å². The predicted octanol–water partition coefficient (Wildman–Crippen LogP) is 2.15. The quantitative estimate of drug-likeness (QED) is 0.385. The maximum Gasteiger partial charge on any atom is 0.182 e. The van der Waals surface area contributed by atoms with Crippen LogP contribution < -0.4 is 0 Å². The zero-order chi connectivity index (χ0) is 11.7. The summed E-state index contributed by atoms with van der Waals surface area (Å²) in [5, 5.41) is 9.95. The van der Waals surface area contributed by atoms with Gasteiger partial charge < -0.3 is 9.47 Å². The molecule has 0 amide bonds. The van der Waals surface area contributed by atoms with Crippen molar-refractivity contribution in [3.63, 3.8) is 0 Å². The summed E-state index contributed by atoms with van der Waals surface area (Å²) in [6.07, 6.45) is 3.12. The number of quaternary nitrogens is 1. The van der Waals surface area contributed by atoms with Crippen LogP contribution in [0.3, 0.4) is 0 Å². The van der Waals surface area contributed by atoms with Gasteiger partial charge in [0.05, 0.1) is 0 Å². The monoisotopic (exact) mass is 218 g/mol. The molecule has 15 heavy (non-hydrogen) atoms. The zero-order valence-electron chi connectivity index (χ0n) is 10.3. The summed E-state index contributed by atoms with van der Waals surface area (Å²) in [5.74, 6) is 0. The van der Waals surface area contributed by atoms with Gasteiger partial charge in [-0.2, -0.15) is 4.65 Å². The van der Waals surface area contributed by atoms with E-state index < -0.39 is 0 Å². The van der Waals surface area contributed by atoms with Gasteiger partial charge >= 0.3 is 0 Å². The molecular formula is C11H24NO3+. The van der Waals surface area contributed by atoms with Crippen molar-refractivity contribution >= 4 is 0 Å². The van der Waals surface area contributed by atoms with E-state index in [0.29, 0.717) is 26.3 Å². The molecule has 0 aliphatic heterocycles. The maximum atomic E-state index is 9.95. The van der Waals surface area contributed by atoms with E-state index in [1.54, 1.807) is 12.3 Å². The Morgan fingerprint density at radius 2 is 1.53 bits per heavy atom. The first-order valence-electron chi connectivity index (χ1n) is 5.63. The molecule has 0 unspecified atom stereocenters.